The minimum absolute atomic E-state index is 0.0117. The number of primary amides is 1. The molecule has 4 heterocycles. The molecule has 5 aliphatic rings. The van der Waals surface area contributed by atoms with Gasteiger partial charge in [-0.3, -0.25) is 19.4 Å². The first-order valence-electron chi connectivity index (χ1n) is 10.5. The number of nitrogens with zero attached hydrogens (tertiary/aromatic N) is 2. The van der Waals surface area contributed by atoms with Crippen molar-refractivity contribution in [1.29, 1.82) is 0 Å². The molecule has 0 saturated carbocycles. The fourth-order valence-electron chi connectivity index (χ4n) is 7.56. The van der Waals surface area contributed by atoms with Crippen molar-refractivity contribution in [2.75, 3.05) is 21.2 Å². The number of hydrogen-bond acceptors (Lipinski definition) is 5. The number of nitrogens with two attached hydrogens (primary N) is 1. The third-order valence-corrected chi connectivity index (χ3v) is 8.32. The molecule has 5 unspecified atom stereocenters. The Morgan fingerprint density at radius 2 is 1.47 bits per heavy atom. The number of carbonyl (C=O) groups excluding carboxylic acids is 2. The van der Waals surface area contributed by atoms with Crippen LogP contribution in [0.4, 0.5) is 0 Å². The fourth-order valence-corrected chi connectivity index (χ4v) is 7.56. The summed E-state index contributed by atoms with van der Waals surface area (Å²) in [4.78, 5) is 31.3. The molecule has 154 valence electrons. The standard InChI is InChI=1S/C24H25N3O3/c1-26-18-14-10-6-4-8-12(14)17-19-16(18)13-9-5-7-11-15(13)20(27(19)2)24(21(17)26,22(25)28)23(29)30-3/h4-11,16-21H,1-3H3,(H2,25,28)/t16?,17?,18?,19?,20-,21-,24?/m0/s1. The first kappa shape index (κ1) is 18.1. The first-order chi connectivity index (χ1) is 14.5. The molecule has 6 nitrogen and oxygen atoms in total. The van der Waals surface area contributed by atoms with E-state index in [9.17, 15) is 9.59 Å². The SMILES string of the molecule is COC(=O)C1(C(N)=O)[C@@H]2c3ccccc3C3C(C4c5ccccc5C3N(C)[C@@H]41)N2C. The lowest BCUT2D eigenvalue weighted by Crippen LogP contribution is -2.78. The van der Waals surface area contributed by atoms with E-state index in [0.29, 0.717) is 0 Å². The zero-order valence-corrected chi connectivity index (χ0v) is 17.3. The summed E-state index contributed by atoms with van der Waals surface area (Å²) < 4.78 is 5.31. The molecule has 30 heavy (non-hydrogen) atoms. The summed E-state index contributed by atoms with van der Waals surface area (Å²) in [6.45, 7) is 0. The van der Waals surface area contributed by atoms with Gasteiger partial charge in [-0.15, -0.1) is 0 Å². The maximum absolute atomic E-state index is 13.5. The number of benzene rings is 2. The van der Waals surface area contributed by atoms with Crippen molar-refractivity contribution in [3.05, 3.63) is 70.8 Å². The van der Waals surface area contributed by atoms with Gasteiger partial charge in [-0.1, -0.05) is 48.5 Å². The molecular formula is C24H25N3O3. The largest absolute Gasteiger partial charge is 0.468 e. The highest BCUT2D eigenvalue weighted by molar-refractivity contribution is 6.05. The number of ether oxygens (including phenoxy) is 1. The van der Waals surface area contributed by atoms with E-state index < -0.39 is 23.3 Å². The Kier molecular flexibility index (Phi) is 3.44. The van der Waals surface area contributed by atoms with Gasteiger partial charge >= 0.3 is 5.97 Å². The summed E-state index contributed by atoms with van der Waals surface area (Å²) in [5, 5.41) is 0. The smallest absolute Gasteiger partial charge is 0.325 e. The van der Waals surface area contributed by atoms with Crippen LogP contribution in [0.1, 0.15) is 46.2 Å². The lowest BCUT2D eigenvalue weighted by atomic mass is 9.47. The van der Waals surface area contributed by atoms with Gasteiger partial charge < -0.3 is 10.5 Å². The van der Waals surface area contributed by atoms with Crippen LogP contribution in [0.15, 0.2) is 48.5 Å². The molecule has 0 radical (unpaired) electrons. The Morgan fingerprint density at radius 1 is 0.900 bits per heavy atom. The van der Waals surface area contributed by atoms with Crippen LogP contribution in [-0.4, -0.2) is 55.0 Å². The minimum Gasteiger partial charge on any atom is -0.468 e. The van der Waals surface area contributed by atoms with Gasteiger partial charge in [-0.2, -0.15) is 0 Å². The summed E-state index contributed by atoms with van der Waals surface area (Å²) in [6.07, 6.45) is 0. The molecule has 4 aliphatic heterocycles. The second-order valence-corrected chi connectivity index (χ2v) is 9.15. The summed E-state index contributed by atoms with van der Waals surface area (Å²) in [5.41, 5.74) is 9.40. The Labute approximate surface area is 175 Å². The first-order valence-corrected chi connectivity index (χ1v) is 10.5. The Morgan fingerprint density at radius 3 is 2.07 bits per heavy atom. The molecule has 1 amide bonds. The second kappa shape index (κ2) is 5.71. The summed E-state index contributed by atoms with van der Waals surface area (Å²) >= 11 is 0. The highest BCUT2D eigenvalue weighted by Crippen LogP contribution is 2.70. The van der Waals surface area contributed by atoms with Crippen molar-refractivity contribution < 1.29 is 14.3 Å². The maximum atomic E-state index is 13.5. The van der Waals surface area contributed by atoms with Gasteiger partial charge in [-0.05, 0) is 36.3 Å². The molecule has 2 aromatic carbocycles. The van der Waals surface area contributed by atoms with Crippen molar-refractivity contribution >= 4 is 11.9 Å². The zero-order chi connectivity index (χ0) is 20.9. The van der Waals surface area contributed by atoms with E-state index in [1.54, 1.807) is 0 Å². The number of rotatable bonds is 2. The number of esters is 1. The molecule has 2 N–H and O–H groups in total. The van der Waals surface area contributed by atoms with Crippen LogP contribution < -0.4 is 5.73 Å². The van der Waals surface area contributed by atoms with Crippen molar-refractivity contribution in [2.45, 2.75) is 36.0 Å². The average Bonchev–Trinajstić information content (AvgIpc) is 2.75. The molecule has 2 aromatic rings. The third kappa shape index (κ3) is 1.72. The van der Waals surface area contributed by atoms with E-state index in [0.717, 1.165) is 5.56 Å². The Hall–Kier alpha value is -2.70. The molecule has 2 fully saturated rings. The van der Waals surface area contributed by atoms with Crippen LogP contribution in [0, 0.1) is 5.41 Å². The number of hydrogen-bond donors (Lipinski definition) is 1. The molecule has 2 saturated heterocycles. The number of fused-ring (bicyclic) bond motifs is 3. The maximum Gasteiger partial charge on any atom is 0.325 e. The van der Waals surface area contributed by atoms with E-state index in [-0.39, 0.29) is 30.0 Å². The third-order valence-electron chi connectivity index (χ3n) is 8.32. The van der Waals surface area contributed by atoms with Gasteiger partial charge in [0, 0.05) is 30.0 Å². The van der Waals surface area contributed by atoms with Gasteiger partial charge in [0.2, 0.25) is 5.91 Å². The van der Waals surface area contributed by atoms with Crippen LogP contribution >= 0.6 is 0 Å². The lowest BCUT2D eigenvalue weighted by molar-refractivity contribution is -0.198. The zero-order valence-electron chi connectivity index (χ0n) is 17.3. The van der Waals surface area contributed by atoms with Crippen LogP contribution in [-0.2, 0) is 14.3 Å². The molecule has 0 spiro atoms. The van der Waals surface area contributed by atoms with Crippen molar-refractivity contribution in [3.8, 4) is 0 Å². The van der Waals surface area contributed by atoms with Gasteiger partial charge in [-0.25, -0.2) is 0 Å². The molecule has 0 aromatic heterocycles. The Bertz CT molecular complexity index is 1100. The van der Waals surface area contributed by atoms with E-state index in [1.807, 2.05) is 32.3 Å². The van der Waals surface area contributed by atoms with E-state index in [4.69, 9.17) is 10.5 Å². The van der Waals surface area contributed by atoms with Gasteiger partial charge in [0.25, 0.3) is 0 Å². The van der Waals surface area contributed by atoms with Gasteiger partial charge in [0.05, 0.1) is 13.2 Å². The van der Waals surface area contributed by atoms with Crippen molar-refractivity contribution in [1.82, 2.24) is 9.80 Å². The van der Waals surface area contributed by atoms with Gasteiger partial charge in [0.15, 0.2) is 5.41 Å². The quantitative estimate of drug-likeness (QED) is 0.613. The number of likely N-dealkylation sites (N-methyl/N-ethyl adjacent to an activating group) is 2. The molecular weight excluding hydrogens is 378 g/mol. The number of piperidine rings is 2. The van der Waals surface area contributed by atoms with E-state index in [1.165, 1.54) is 23.8 Å². The van der Waals surface area contributed by atoms with Crippen LogP contribution in [0.2, 0.25) is 0 Å². The number of carbonyl (C=O) groups is 2. The average molecular weight is 403 g/mol. The van der Waals surface area contributed by atoms with Crippen molar-refractivity contribution in [2.24, 2.45) is 11.1 Å². The molecule has 7 rings (SSSR count). The van der Waals surface area contributed by atoms with Crippen LogP contribution in [0.3, 0.4) is 0 Å². The summed E-state index contributed by atoms with van der Waals surface area (Å²) in [6, 6.07) is 16.2. The van der Waals surface area contributed by atoms with E-state index in [2.05, 4.69) is 40.1 Å². The minimum atomic E-state index is -1.49. The second-order valence-electron chi connectivity index (χ2n) is 9.15. The fraction of sp³-hybridized carbons (Fsp3) is 0.417. The monoisotopic (exact) mass is 403 g/mol. The van der Waals surface area contributed by atoms with E-state index >= 15 is 0 Å². The molecule has 5 bridgehead atoms. The number of amides is 1. The van der Waals surface area contributed by atoms with Crippen LogP contribution in [0.25, 0.3) is 0 Å². The molecule has 6 heteroatoms. The highest BCUT2D eigenvalue weighted by Gasteiger charge is 2.75. The Balaban J connectivity index is 1.78. The van der Waals surface area contributed by atoms with Crippen LogP contribution in [0.5, 0.6) is 0 Å². The van der Waals surface area contributed by atoms with Gasteiger partial charge in [0.1, 0.15) is 0 Å². The highest BCUT2D eigenvalue weighted by atomic mass is 16.5. The predicted octanol–water partition coefficient (Wildman–Crippen LogP) is 1.94. The normalized spacial score (nSPS) is 38.1. The summed E-state index contributed by atoms with van der Waals surface area (Å²) in [7, 11) is 5.43. The molecule has 1 aliphatic carbocycles. The predicted molar refractivity (Wildman–Crippen MR) is 111 cm³/mol. The number of methoxy groups -OCH3 is 1. The lowest BCUT2D eigenvalue weighted by Gasteiger charge is -2.71. The summed E-state index contributed by atoms with van der Waals surface area (Å²) in [5.74, 6) is -0.894. The topological polar surface area (TPSA) is 75.9 Å². The van der Waals surface area contributed by atoms with Crippen molar-refractivity contribution in [3.63, 3.8) is 0 Å². The molecule has 7 atom stereocenters.